The second-order valence-electron chi connectivity index (χ2n) is 8.23. The Morgan fingerprint density at radius 2 is 1.92 bits per heavy atom. The molecule has 3 heteroatoms. The number of hydrogen-bond donors (Lipinski definition) is 1. The highest BCUT2D eigenvalue weighted by molar-refractivity contribution is 5.82. The number of aryl methyl sites for hydroxylation is 1. The van der Waals surface area contributed by atoms with E-state index in [1.807, 2.05) is 0 Å². The fourth-order valence-electron chi connectivity index (χ4n) is 6.37. The molecular formula is C23H25NO2. The highest BCUT2D eigenvalue weighted by Crippen LogP contribution is 2.67. The summed E-state index contributed by atoms with van der Waals surface area (Å²) < 4.78 is 5.38. The molecule has 1 heterocycles. The van der Waals surface area contributed by atoms with Crippen molar-refractivity contribution in [3.8, 4) is 0 Å². The minimum absolute atomic E-state index is 0.0387. The van der Waals surface area contributed by atoms with E-state index in [1.165, 1.54) is 22.3 Å². The number of hydrogen-bond acceptors (Lipinski definition) is 3. The molecule has 4 unspecified atom stereocenters. The lowest BCUT2D eigenvalue weighted by atomic mass is 9.42. The van der Waals surface area contributed by atoms with Crippen LogP contribution in [0, 0.1) is 18.3 Å². The molecule has 1 saturated heterocycles. The van der Waals surface area contributed by atoms with E-state index in [1.54, 1.807) is 7.11 Å². The maximum Gasteiger partial charge on any atom is 0.314 e. The number of rotatable bonds is 2. The van der Waals surface area contributed by atoms with Gasteiger partial charge in [-0.1, -0.05) is 54.1 Å². The van der Waals surface area contributed by atoms with E-state index in [4.69, 9.17) is 4.74 Å². The van der Waals surface area contributed by atoms with Gasteiger partial charge < -0.3 is 10.1 Å². The zero-order valence-corrected chi connectivity index (χ0v) is 15.4. The molecule has 0 amide bonds. The average molecular weight is 347 g/mol. The number of benzene rings is 2. The van der Waals surface area contributed by atoms with Crippen LogP contribution >= 0.6 is 0 Å². The highest BCUT2D eigenvalue weighted by atomic mass is 16.5. The van der Waals surface area contributed by atoms with Gasteiger partial charge in [0.1, 0.15) is 0 Å². The summed E-state index contributed by atoms with van der Waals surface area (Å²) in [5, 5.41) is 3.56. The lowest BCUT2D eigenvalue weighted by molar-refractivity contribution is -0.161. The van der Waals surface area contributed by atoms with Crippen LogP contribution < -0.4 is 5.32 Å². The van der Waals surface area contributed by atoms with Gasteiger partial charge in [0.05, 0.1) is 12.5 Å². The molecule has 134 valence electrons. The van der Waals surface area contributed by atoms with Crippen molar-refractivity contribution in [3.63, 3.8) is 0 Å². The van der Waals surface area contributed by atoms with Gasteiger partial charge in [-0.3, -0.25) is 4.79 Å². The third-order valence-electron chi connectivity index (χ3n) is 7.38. The highest BCUT2D eigenvalue weighted by Gasteiger charge is 2.69. The van der Waals surface area contributed by atoms with Crippen molar-refractivity contribution >= 4 is 5.97 Å². The van der Waals surface area contributed by atoms with Gasteiger partial charge in [0.15, 0.2) is 0 Å². The summed E-state index contributed by atoms with van der Waals surface area (Å²) in [6, 6.07) is 17.8. The van der Waals surface area contributed by atoms with Crippen molar-refractivity contribution in [1.29, 1.82) is 0 Å². The third-order valence-corrected chi connectivity index (χ3v) is 7.38. The monoisotopic (exact) mass is 347 g/mol. The first-order valence-electron chi connectivity index (χ1n) is 9.60. The van der Waals surface area contributed by atoms with E-state index < -0.39 is 5.41 Å². The standard InChI is InChI=1S/C23H25NO2/c1-15-7-9-16(10-8-15)22-12-11-19(17-5-3-4-6-18(17)22)23(21(25)26-2)14-24-13-20(22)23/h3-10,19-20,24H,11-14H2,1-2H3. The molecule has 0 aromatic heterocycles. The van der Waals surface area contributed by atoms with Crippen LogP contribution in [0.15, 0.2) is 48.5 Å². The third kappa shape index (κ3) is 1.75. The van der Waals surface area contributed by atoms with Crippen LogP contribution in [0.3, 0.4) is 0 Å². The normalized spacial score (nSPS) is 34.2. The minimum Gasteiger partial charge on any atom is -0.469 e. The van der Waals surface area contributed by atoms with Crippen molar-refractivity contribution in [1.82, 2.24) is 5.32 Å². The predicted molar refractivity (Wildman–Crippen MR) is 101 cm³/mol. The summed E-state index contributed by atoms with van der Waals surface area (Å²) in [5.41, 5.74) is 4.82. The van der Waals surface area contributed by atoms with Crippen molar-refractivity contribution in [2.75, 3.05) is 20.2 Å². The average Bonchev–Trinajstić information content (AvgIpc) is 3.16. The van der Waals surface area contributed by atoms with Gasteiger partial charge in [-0.2, -0.15) is 0 Å². The molecule has 0 spiro atoms. The summed E-state index contributed by atoms with van der Waals surface area (Å²) >= 11 is 0. The fraction of sp³-hybridized carbons (Fsp3) is 0.435. The van der Waals surface area contributed by atoms with Crippen LogP contribution in [0.1, 0.15) is 41.0 Å². The van der Waals surface area contributed by atoms with Gasteiger partial charge in [0, 0.05) is 30.3 Å². The minimum atomic E-state index is -0.452. The van der Waals surface area contributed by atoms with Crippen molar-refractivity contribution in [3.05, 3.63) is 70.8 Å². The van der Waals surface area contributed by atoms with E-state index in [0.29, 0.717) is 0 Å². The Bertz CT molecular complexity index is 874. The first-order valence-corrected chi connectivity index (χ1v) is 9.60. The number of ether oxygens (including phenoxy) is 1. The summed E-state index contributed by atoms with van der Waals surface area (Å²) in [6.07, 6.45) is 2.14. The molecule has 1 N–H and O–H groups in total. The molecule has 2 aromatic carbocycles. The maximum absolute atomic E-state index is 13.1. The van der Waals surface area contributed by atoms with Crippen LogP contribution in [0.2, 0.25) is 0 Å². The van der Waals surface area contributed by atoms with Crippen LogP contribution in [-0.2, 0) is 14.9 Å². The van der Waals surface area contributed by atoms with Gasteiger partial charge in [0.25, 0.3) is 0 Å². The number of nitrogens with one attached hydrogen (secondary N) is 1. The Morgan fingerprint density at radius 3 is 2.69 bits per heavy atom. The second kappa shape index (κ2) is 5.43. The summed E-state index contributed by atoms with van der Waals surface area (Å²) in [7, 11) is 1.54. The van der Waals surface area contributed by atoms with Crippen molar-refractivity contribution in [2.45, 2.75) is 31.1 Å². The fourth-order valence-corrected chi connectivity index (χ4v) is 6.37. The molecule has 6 rings (SSSR count). The summed E-state index contributed by atoms with van der Waals surface area (Å²) in [4.78, 5) is 13.1. The van der Waals surface area contributed by atoms with E-state index in [2.05, 4.69) is 60.8 Å². The van der Waals surface area contributed by atoms with Crippen molar-refractivity contribution in [2.24, 2.45) is 11.3 Å². The second-order valence-corrected chi connectivity index (χ2v) is 8.23. The molecule has 4 aliphatic rings. The molecule has 3 nitrogen and oxygen atoms in total. The molecule has 1 aliphatic heterocycles. The van der Waals surface area contributed by atoms with Crippen molar-refractivity contribution < 1.29 is 9.53 Å². The SMILES string of the molecule is COC(=O)C12CNCC1C1(c3ccc(C)cc3)CCC2c2ccccc21. The smallest absolute Gasteiger partial charge is 0.314 e. The first kappa shape index (κ1) is 16.1. The largest absolute Gasteiger partial charge is 0.469 e. The van der Waals surface area contributed by atoms with Gasteiger partial charge in [-0.15, -0.1) is 0 Å². The van der Waals surface area contributed by atoms with Crippen LogP contribution in [0.25, 0.3) is 0 Å². The quantitative estimate of drug-likeness (QED) is 0.845. The lowest BCUT2D eigenvalue weighted by Gasteiger charge is -2.59. The molecule has 2 bridgehead atoms. The number of carbonyl (C=O) groups is 1. The zero-order chi connectivity index (χ0) is 17.9. The van der Waals surface area contributed by atoms with E-state index in [0.717, 1.165) is 25.9 Å². The van der Waals surface area contributed by atoms with Gasteiger partial charge in [0.2, 0.25) is 0 Å². The topological polar surface area (TPSA) is 38.3 Å². The van der Waals surface area contributed by atoms with E-state index in [-0.39, 0.29) is 23.2 Å². The summed E-state index contributed by atoms with van der Waals surface area (Å²) in [5.74, 6) is 0.445. The molecular weight excluding hydrogens is 322 g/mol. The molecule has 2 aromatic rings. The maximum atomic E-state index is 13.1. The molecule has 3 aliphatic carbocycles. The summed E-state index contributed by atoms with van der Waals surface area (Å²) in [6.45, 7) is 3.72. The number of methoxy groups -OCH3 is 1. The molecule has 1 saturated carbocycles. The molecule has 4 atom stereocenters. The first-order chi connectivity index (χ1) is 12.6. The van der Waals surface area contributed by atoms with E-state index >= 15 is 0 Å². The van der Waals surface area contributed by atoms with Gasteiger partial charge >= 0.3 is 5.97 Å². The lowest BCUT2D eigenvalue weighted by Crippen LogP contribution is -2.60. The molecule has 2 fully saturated rings. The zero-order valence-electron chi connectivity index (χ0n) is 15.4. The number of fused-ring (bicyclic) bond motifs is 1. The van der Waals surface area contributed by atoms with Crippen LogP contribution in [-0.4, -0.2) is 26.2 Å². The van der Waals surface area contributed by atoms with Crippen LogP contribution in [0.5, 0.6) is 0 Å². The number of carbonyl (C=O) groups excluding carboxylic acids is 1. The van der Waals surface area contributed by atoms with Gasteiger partial charge in [-0.25, -0.2) is 0 Å². The van der Waals surface area contributed by atoms with Gasteiger partial charge in [-0.05, 0) is 36.5 Å². The Balaban J connectivity index is 1.82. The molecule has 0 radical (unpaired) electrons. The Labute approximate surface area is 154 Å². The van der Waals surface area contributed by atoms with Crippen LogP contribution in [0.4, 0.5) is 0 Å². The van der Waals surface area contributed by atoms with E-state index in [9.17, 15) is 4.79 Å². The molecule has 26 heavy (non-hydrogen) atoms. The Kier molecular flexibility index (Phi) is 3.36. The Morgan fingerprint density at radius 1 is 1.15 bits per heavy atom. The number of esters is 1. The Hall–Kier alpha value is -2.13. The predicted octanol–water partition coefficient (Wildman–Crippen LogP) is 3.55.